The van der Waals surface area contributed by atoms with Gasteiger partial charge in [-0.25, -0.2) is 4.68 Å². The molecule has 7 nitrogen and oxygen atoms in total. The zero-order valence-electron chi connectivity index (χ0n) is 12.4. The molecular weight excluding hydrogens is 300 g/mol. The summed E-state index contributed by atoms with van der Waals surface area (Å²) in [6.07, 6.45) is 7.05. The number of likely N-dealkylation sites (tertiary alicyclic amines) is 1. The van der Waals surface area contributed by atoms with Crippen LogP contribution in [-0.4, -0.2) is 49.1 Å². The predicted molar refractivity (Wildman–Crippen MR) is 86.1 cm³/mol. The summed E-state index contributed by atoms with van der Waals surface area (Å²) in [4.78, 5) is 14.2. The molecule has 1 unspecified atom stereocenters. The smallest absolute Gasteiger partial charge is 0.266 e. The van der Waals surface area contributed by atoms with Crippen LogP contribution in [0, 0.1) is 0 Å². The fourth-order valence-electron chi connectivity index (χ4n) is 2.83. The lowest BCUT2D eigenvalue weighted by atomic mass is 10.0. The van der Waals surface area contributed by atoms with Gasteiger partial charge in [0.25, 0.3) is 5.56 Å². The summed E-state index contributed by atoms with van der Waals surface area (Å²) in [7, 11) is 0. The molecule has 0 radical (unpaired) electrons. The summed E-state index contributed by atoms with van der Waals surface area (Å²) in [6, 6.07) is 3.70. The standard InChI is InChI=1S/C14H20N6OS/c21-14-5-3-6-16-20(14)9-8-19-7-2-1-4-12(19)10-15-13-11-17-22-18-13/h3,5-6,11-12H,1-2,4,7-10H2,(H,15,18). The van der Waals surface area contributed by atoms with Crippen LogP contribution >= 0.6 is 11.7 Å². The quantitative estimate of drug-likeness (QED) is 0.858. The SMILES string of the molecule is O=c1cccnn1CCN1CCCCC1CNc1cnsn1. The highest BCUT2D eigenvalue weighted by Crippen LogP contribution is 2.17. The Kier molecular flexibility index (Phi) is 5.12. The van der Waals surface area contributed by atoms with Gasteiger partial charge in [-0.15, -0.1) is 0 Å². The van der Waals surface area contributed by atoms with E-state index in [1.807, 2.05) is 0 Å². The normalized spacial score (nSPS) is 19.2. The van der Waals surface area contributed by atoms with Gasteiger partial charge >= 0.3 is 0 Å². The van der Waals surface area contributed by atoms with Gasteiger partial charge in [0.05, 0.1) is 24.5 Å². The topological polar surface area (TPSA) is 75.9 Å². The number of hydrogen-bond donors (Lipinski definition) is 1. The van der Waals surface area contributed by atoms with Gasteiger partial charge < -0.3 is 5.32 Å². The summed E-state index contributed by atoms with van der Waals surface area (Å²) in [5.41, 5.74) is -0.0391. The van der Waals surface area contributed by atoms with E-state index in [0.29, 0.717) is 12.6 Å². The van der Waals surface area contributed by atoms with Crippen molar-refractivity contribution >= 4 is 17.5 Å². The van der Waals surface area contributed by atoms with E-state index in [-0.39, 0.29) is 5.56 Å². The molecular formula is C14H20N6OS. The number of aromatic nitrogens is 4. The lowest BCUT2D eigenvalue weighted by molar-refractivity contribution is 0.148. The Balaban J connectivity index is 1.55. The van der Waals surface area contributed by atoms with E-state index in [0.717, 1.165) is 25.5 Å². The van der Waals surface area contributed by atoms with Crippen molar-refractivity contribution in [1.29, 1.82) is 0 Å². The number of anilines is 1. The summed E-state index contributed by atoms with van der Waals surface area (Å²) in [6.45, 7) is 3.42. The van der Waals surface area contributed by atoms with Crippen LogP contribution in [0.3, 0.4) is 0 Å². The van der Waals surface area contributed by atoms with Crippen molar-refractivity contribution in [3.05, 3.63) is 34.9 Å². The molecule has 0 aromatic carbocycles. The molecule has 0 spiro atoms. The van der Waals surface area contributed by atoms with Crippen molar-refractivity contribution in [2.75, 3.05) is 25.0 Å². The first-order valence-electron chi connectivity index (χ1n) is 7.60. The maximum atomic E-state index is 11.7. The molecule has 1 N–H and O–H groups in total. The molecule has 1 atom stereocenters. The number of piperidine rings is 1. The third-order valence-electron chi connectivity index (χ3n) is 4.01. The lowest BCUT2D eigenvalue weighted by Crippen LogP contribution is -2.45. The molecule has 1 fully saturated rings. The molecule has 1 aliphatic heterocycles. The average Bonchev–Trinajstić information content (AvgIpc) is 3.06. The van der Waals surface area contributed by atoms with Gasteiger partial charge in [-0.1, -0.05) is 6.42 Å². The fourth-order valence-corrected chi connectivity index (χ4v) is 3.22. The zero-order valence-corrected chi connectivity index (χ0v) is 13.2. The highest BCUT2D eigenvalue weighted by Gasteiger charge is 2.22. The largest absolute Gasteiger partial charge is 0.366 e. The van der Waals surface area contributed by atoms with Crippen LogP contribution in [0.2, 0.25) is 0 Å². The molecule has 1 aliphatic rings. The Morgan fingerprint density at radius 2 is 2.32 bits per heavy atom. The summed E-state index contributed by atoms with van der Waals surface area (Å²) < 4.78 is 9.71. The van der Waals surface area contributed by atoms with E-state index in [1.54, 1.807) is 24.5 Å². The average molecular weight is 320 g/mol. The zero-order chi connectivity index (χ0) is 15.2. The van der Waals surface area contributed by atoms with E-state index < -0.39 is 0 Å². The molecule has 3 heterocycles. The van der Waals surface area contributed by atoms with Crippen molar-refractivity contribution in [1.82, 2.24) is 23.4 Å². The van der Waals surface area contributed by atoms with E-state index >= 15 is 0 Å². The van der Waals surface area contributed by atoms with Crippen molar-refractivity contribution in [2.24, 2.45) is 0 Å². The molecule has 22 heavy (non-hydrogen) atoms. The maximum absolute atomic E-state index is 11.7. The first-order valence-corrected chi connectivity index (χ1v) is 8.33. The van der Waals surface area contributed by atoms with Crippen LogP contribution in [0.4, 0.5) is 5.82 Å². The molecule has 8 heteroatoms. The Bertz CT molecular complexity index is 628. The van der Waals surface area contributed by atoms with Crippen molar-refractivity contribution in [2.45, 2.75) is 31.8 Å². The summed E-state index contributed by atoms with van der Waals surface area (Å²) in [5, 5.41) is 7.46. The van der Waals surface area contributed by atoms with Crippen molar-refractivity contribution in [3.8, 4) is 0 Å². The second-order valence-corrected chi connectivity index (χ2v) is 6.00. The third kappa shape index (κ3) is 3.89. The minimum absolute atomic E-state index is 0.0391. The van der Waals surface area contributed by atoms with Crippen LogP contribution in [0.1, 0.15) is 19.3 Å². The van der Waals surface area contributed by atoms with E-state index in [4.69, 9.17) is 0 Å². The molecule has 0 aliphatic carbocycles. The first kappa shape index (κ1) is 15.1. The van der Waals surface area contributed by atoms with Gasteiger partial charge in [0.1, 0.15) is 0 Å². The molecule has 2 aromatic rings. The monoisotopic (exact) mass is 320 g/mol. The van der Waals surface area contributed by atoms with Crippen molar-refractivity contribution in [3.63, 3.8) is 0 Å². The second kappa shape index (κ2) is 7.46. The summed E-state index contributed by atoms with van der Waals surface area (Å²) >= 11 is 1.21. The number of nitrogens with one attached hydrogen (secondary N) is 1. The van der Waals surface area contributed by atoms with Crippen LogP contribution in [-0.2, 0) is 6.54 Å². The first-order chi connectivity index (χ1) is 10.8. The maximum Gasteiger partial charge on any atom is 0.266 e. The van der Waals surface area contributed by atoms with Gasteiger partial charge in [-0.05, 0) is 25.5 Å². The van der Waals surface area contributed by atoms with Gasteiger partial charge in [0.2, 0.25) is 0 Å². The van der Waals surface area contributed by atoms with Crippen LogP contribution in [0.25, 0.3) is 0 Å². The molecule has 2 aromatic heterocycles. The lowest BCUT2D eigenvalue weighted by Gasteiger charge is -2.35. The van der Waals surface area contributed by atoms with Crippen LogP contribution < -0.4 is 10.9 Å². The van der Waals surface area contributed by atoms with Gasteiger partial charge in [0, 0.05) is 31.4 Å². The Morgan fingerprint density at radius 1 is 1.36 bits per heavy atom. The number of rotatable bonds is 6. The molecule has 0 saturated carbocycles. The molecule has 1 saturated heterocycles. The van der Waals surface area contributed by atoms with Crippen molar-refractivity contribution < 1.29 is 0 Å². The Labute approximate surface area is 133 Å². The fraction of sp³-hybridized carbons (Fsp3) is 0.571. The molecule has 118 valence electrons. The third-order valence-corrected chi connectivity index (χ3v) is 4.49. The minimum Gasteiger partial charge on any atom is -0.366 e. The van der Waals surface area contributed by atoms with E-state index in [1.165, 1.54) is 35.7 Å². The predicted octanol–water partition coefficient (Wildman–Crippen LogP) is 1.06. The minimum atomic E-state index is -0.0391. The van der Waals surface area contributed by atoms with Gasteiger partial charge in [0.15, 0.2) is 5.82 Å². The van der Waals surface area contributed by atoms with Gasteiger partial charge in [-0.3, -0.25) is 9.69 Å². The van der Waals surface area contributed by atoms with Crippen LogP contribution in [0.5, 0.6) is 0 Å². The number of hydrogen-bond acceptors (Lipinski definition) is 7. The second-order valence-electron chi connectivity index (χ2n) is 5.44. The Hall–Kier alpha value is -1.80. The number of nitrogens with zero attached hydrogens (tertiary/aromatic N) is 5. The molecule has 0 amide bonds. The highest BCUT2D eigenvalue weighted by molar-refractivity contribution is 6.99. The highest BCUT2D eigenvalue weighted by atomic mass is 32.1. The molecule has 0 bridgehead atoms. The molecule has 3 rings (SSSR count). The van der Waals surface area contributed by atoms with E-state index in [2.05, 4.69) is 24.1 Å². The van der Waals surface area contributed by atoms with E-state index in [9.17, 15) is 4.79 Å². The summed E-state index contributed by atoms with van der Waals surface area (Å²) in [5.74, 6) is 0.844. The Morgan fingerprint density at radius 3 is 3.14 bits per heavy atom. The van der Waals surface area contributed by atoms with Crippen LogP contribution in [0.15, 0.2) is 29.3 Å². The van der Waals surface area contributed by atoms with Gasteiger partial charge in [-0.2, -0.15) is 13.8 Å².